The molecule has 19 heavy (non-hydrogen) atoms. The van der Waals surface area contributed by atoms with Gasteiger partial charge in [0.15, 0.2) is 0 Å². The number of nitrogens with zero attached hydrogens (tertiary/aromatic N) is 1. The Morgan fingerprint density at radius 2 is 2.05 bits per heavy atom. The summed E-state index contributed by atoms with van der Waals surface area (Å²) in [5, 5.41) is 0. The van der Waals surface area contributed by atoms with Gasteiger partial charge < -0.3 is 4.74 Å². The van der Waals surface area contributed by atoms with Gasteiger partial charge in [0.1, 0.15) is 11.3 Å². The summed E-state index contributed by atoms with van der Waals surface area (Å²) in [4.78, 5) is 26.8. The molecule has 0 aromatic heterocycles. The van der Waals surface area contributed by atoms with E-state index < -0.39 is 5.60 Å². The minimum atomic E-state index is -0.543. The standard InChI is InChI=1S/C14H21NO3S/c1-6-19-9-7-14(5)8-10(16)15(14)11(9)12(17)18-13(2,3)4/h6-8H2,1-5H3. The van der Waals surface area contributed by atoms with E-state index in [1.54, 1.807) is 16.7 Å². The van der Waals surface area contributed by atoms with E-state index >= 15 is 0 Å². The molecule has 2 aliphatic heterocycles. The van der Waals surface area contributed by atoms with E-state index in [9.17, 15) is 9.59 Å². The second-order valence-electron chi connectivity index (χ2n) is 6.29. The van der Waals surface area contributed by atoms with Crippen molar-refractivity contribution >= 4 is 23.6 Å². The fourth-order valence-corrected chi connectivity index (χ4v) is 3.68. The van der Waals surface area contributed by atoms with Crippen molar-refractivity contribution in [2.24, 2.45) is 0 Å². The van der Waals surface area contributed by atoms with Crippen molar-refractivity contribution in [3.63, 3.8) is 0 Å². The Hall–Kier alpha value is -0.970. The average Bonchev–Trinajstić information content (AvgIpc) is 2.44. The Morgan fingerprint density at radius 3 is 2.53 bits per heavy atom. The smallest absolute Gasteiger partial charge is 0.356 e. The van der Waals surface area contributed by atoms with Crippen molar-refractivity contribution in [3.8, 4) is 0 Å². The lowest BCUT2D eigenvalue weighted by atomic mass is 9.86. The second-order valence-corrected chi connectivity index (χ2v) is 7.65. The molecule has 106 valence electrons. The highest BCUT2D eigenvalue weighted by atomic mass is 32.2. The molecule has 0 aliphatic carbocycles. The molecule has 0 aromatic carbocycles. The molecule has 1 fully saturated rings. The topological polar surface area (TPSA) is 46.6 Å². The molecule has 2 aliphatic rings. The van der Waals surface area contributed by atoms with Crippen LogP contribution in [0.25, 0.3) is 0 Å². The van der Waals surface area contributed by atoms with Crippen molar-refractivity contribution in [1.29, 1.82) is 0 Å². The summed E-state index contributed by atoms with van der Waals surface area (Å²) in [6.45, 7) is 9.59. The maximum Gasteiger partial charge on any atom is 0.356 e. The highest BCUT2D eigenvalue weighted by molar-refractivity contribution is 8.03. The summed E-state index contributed by atoms with van der Waals surface area (Å²) < 4.78 is 5.44. The molecule has 2 heterocycles. The Labute approximate surface area is 118 Å². The first kappa shape index (κ1) is 14.4. The number of esters is 1. The summed E-state index contributed by atoms with van der Waals surface area (Å²) in [7, 11) is 0. The van der Waals surface area contributed by atoms with Gasteiger partial charge in [0, 0.05) is 11.3 Å². The molecule has 0 radical (unpaired) electrons. The number of hydrogen-bond donors (Lipinski definition) is 0. The molecule has 4 nitrogen and oxygen atoms in total. The van der Waals surface area contributed by atoms with Crippen LogP contribution < -0.4 is 0 Å². The number of hydrogen-bond acceptors (Lipinski definition) is 4. The summed E-state index contributed by atoms with van der Waals surface area (Å²) >= 11 is 1.63. The number of rotatable bonds is 3. The predicted molar refractivity (Wildman–Crippen MR) is 75.5 cm³/mol. The molecule has 0 N–H and O–H groups in total. The van der Waals surface area contributed by atoms with E-state index in [0.29, 0.717) is 12.1 Å². The van der Waals surface area contributed by atoms with Gasteiger partial charge in [0.2, 0.25) is 5.91 Å². The minimum absolute atomic E-state index is 0.0232. The van der Waals surface area contributed by atoms with Crippen molar-refractivity contribution in [3.05, 3.63) is 10.6 Å². The highest BCUT2D eigenvalue weighted by Crippen LogP contribution is 2.50. The second kappa shape index (κ2) is 4.54. The van der Waals surface area contributed by atoms with E-state index in [1.807, 2.05) is 34.6 Å². The summed E-state index contributed by atoms with van der Waals surface area (Å²) in [5.74, 6) is 0.537. The van der Waals surface area contributed by atoms with Gasteiger partial charge in [-0.25, -0.2) is 4.79 Å². The number of fused-ring (bicyclic) bond motifs is 1. The van der Waals surface area contributed by atoms with Crippen LogP contribution in [0.5, 0.6) is 0 Å². The third kappa shape index (κ3) is 2.53. The van der Waals surface area contributed by atoms with Crippen molar-refractivity contribution in [1.82, 2.24) is 4.90 Å². The molecular formula is C14H21NO3S. The third-order valence-electron chi connectivity index (χ3n) is 3.26. The van der Waals surface area contributed by atoms with E-state index in [-0.39, 0.29) is 17.4 Å². The van der Waals surface area contributed by atoms with Crippen LogP contribution in [-0.2, 0) is 14.3 Å². The first-order valence-corrected chi connectivity index (χ1v) is 7.59. The molecule has 0 bridgehead atoms. The molecule has 5 heteroatoms. The molecule has 2 rings (SSSR count). The largest absolute Gasteiger partial charge is 0.455 e. The Morgan fingerprint density at radius 1 is 1.42 bits per heavy atom. The van der Waals surface area contributed by atoms with Crippen LogP contribution in [0, 0.1) is 0 Å². The van der Waals surface area contributed by atoms with Crippen molar-refractivity contribution < 1.29 is 14.3 Å². The lowest BCUT2D eigenvalue weighted by molar-refractivity contribution is -0.161. The maximum absolute atomic E-state index is 12.3. The van der Waals surface area contributed by atoms with E-state index in [1.165, 1.54) is 0 Å². The molecule has 1 atom stereocenters. The Balaban J connectivity index is 2.29. The van der Waals surface area contributed by atoms with Crippen molar-refractivity contribution in [2.75, 3.05) is 5.75 Å². The van der Waals surface area contributed by atoms with Crippen LogP contribution in [0.15, 0.2) is 10.6 Å². The number of ether oxygens (including phenoxy) is 1. The van der Waals surface area contributed by atoms with Gasteiger partial charge in [-0.3, -0.25) is 9.69 Å². The lowest BCUT2D eigenvalue weighted by Gasteiger charge is -2.45. The number of carbonyl (C=O) groups excluding carboxylic acids is 2. The van der Waals surface area contributed by atoms with E-state index in [0.717, 1.165) is 17.1 Å². The maximum atomic E-state index is 12.3. The zero-order chi connectivity index (χ0) is 14.4. The highest BCUT2D eigenvalue weighted by Gasteiger charge is 2.56. The van der Waals surface area contributed by atoms with Gasteiger partial charge in [-0.1, -0.05) is 6.92 Å². The zero-order valence-corrected chi connectivity index (χ0v) is 13.0. The van der Waals surface area contributed by atoms with Crippen LogP contribution in [0.3, 0.4) is 0 Å². The van der Waals surface area contributed by atoms with Gasteiger partial charge >= 0.3 is 5.97 Å². The van der Waals surface area contributed by atoms with Gasteiger partial charge in [-0.2, -0.15) is 0 Å². The number of carbonyl (C=O) groups is 2. The summed E-state index contributed by atoms with van der Waals surface area (Å²) in [6.07, 6.45) is 1.29. The fourth-order valence-electron chi connectivity index (χ4n) is 2.61. The number of β-lactam (4-membered cyclic amide) rings is 1. The van der Waals surface area contributed by atoms with Gasteiger partial charge in [-0.15, -0.1) is 11.8 Å². The van der Waals surface area contributed by atoms with Crippen LogP contribution in [0.2, 0.25) is 0 Å². The van der Waals surface area contributed by atoms with Crippen LogP contribution >= 0.6 is 11.8 Å². The van der Waals surface area contributed by atoms with Gasteiger partial charge in [0.25, 0.3) is 0 Å². The van der Waals surface area contributed by atoms with Crippen LogP contribution in [0.1, 0.15) is 47.5 Å². The lowest BCUT2D eigenvalue weighted by Crippen LogP contribution is -2.59. The zero-order valence-electron chi connectivity index (χ0n) is 12.2. The SMILES string of the molecule is CCSC1=C(C(=O)OC(C)(C)C)N2C(=O)CC2(C)C1. The fraction of sp³-hybridized carbons (Fsp3) is 0.714. The van der Waals surface area contributed by atoms with E-state index in [4.69, 9.17) is 4.74 Å². The van der Waals surface area contributed by atoms with Gasteiger partial charge in [-0.05, 0) is 33.4 Å². The predicted octanol–water partition coefficient (Wildman–Crippen LogP) is 2.69. The van der Waals surface area contributed by atoms with Crippen LogP contribution in [-0.4, -0.2) is 33.7 Å². The molecule has 0 saturated carbocycles. The molecular weight excluding hydrogens is 262 g/mol. The molecule has 1 amide bonds. The minimum Gasteiger partial charge on any atom is -0.455 e. The molecule has 0 spiro atoms. The average molecular weight is 283 g/mol. The van der Waals surface area contributed by atoms with Crippen molar-refractivity contribution in [2.45, 2.75) is 58.6 Å². The van der Waals surface area contributed by atoms with E-state index in [2.05, 4.69) is 0 Å². The number of amides is 1. The third-order valence-corrected chi connectivity index (χ3v) is 4.24. The summed E-state index contributed by atoms with van der Waals surface area (Å²) in [6, 6.07) is 0. The first-order valence-electron chi connectivity index (χ1n) is 6.60. The first-order chi connectivity index (χ1) is 8.68. The van der Waals surface area contributed by atoms with Gasteiger partial charge in [0.05, 0.1) is 12.0 Å². The van der Waals surface area contributed by atoms with Crippen LogP contribution in [0.4, 0.5) is 0 Å². The summed E-state index contributed by atoms with van der Waals surface area (Å²) in [5.41, 5.74) is -0.277. The normalized spacial score (nSPS) is 26.4. The molecule has 1 unspecified atom stereocenters. The molecule has 1 saturated heterocycles. The number of thioether (sulfide) groups is 1. The monoisotopic (exact) mass is 283 g/mol. The Kier molecular flexibility index (Phi) is 3.45. The Bertz CT molecular complexity index is 464. The quantitative estimate of drug-likeness (QED) is 0.590. The molecule has 0 aromatic rings.